The van der Waals surface area contributed by atoms with Crippen molar-refractivity contribution in [3.05, 3.63) is 78.4 Å². The number of amides is 1. The fourth-order valence-corrected chi connectivity index (χ4v) is 4.46. The van der Waals surface area contributed by atoms with Crippen molar-refractivity contribution in [2.75, 3.05) is 38.7 Å². The number of aromatic nitrogens is 1. The standard InChI is InChI=1S/C26H27N3O2S/c1-4-31-22-14-15-23-24(18-22)32-26(27-23)29(17-16-28(2)3)25(30)21-12-10-20(11-13-21)19-8-6-5-7-9-19/h5-15,18H,4,16-17H2,1-3H3. The van der Waals surface area contributed by atoms with E-state index < -0.39 is 0 Å². The van der Waals surface area contributed by atoms with Gasteiger partial charge in [0.15, 0.2) is 5.13 Å². The van der Waals surface area contributed by atoms with Gasteiger partial charge in [-0.3, -0.25) is 9.69 Å². The Morgan fingerprint density at radius 2 is 1.66 bits per heavy atom. The van der Waals surface area contributed by atoms with Crippen LogP contribution in [0.2, 0.25) is 0 Å². The van der Waals surface area contributed by atoms with Crippen molar-refractivity contribution in [2.45, 2.75) is 6.92 Å². The predicted molar refractivity (Wildman–Crippen MR) is 133 cm³/mol. The zero-order valence-electron chi connectivity index (χ0n) is 18.6. The van der Waals surface area contributed by atoms with Gasteiger partial charge in [-0.05, 0) is 62.5 Å². The number of hydrogen-bond donors (Lipinski definition) is 0. The minimum Gasteiger partial charge on any atom is -0.494 e. The monoisotopic (exact) mass is 445 g/mol. The second-order valence-electron chi connectivity index (χ2n) is 7.76. The molecule has 0 aliphatic carbocycles. The summed E-state index contributed by atoms with van der Waals surface area (Å²) in [5.74, 6) is 0.772. The first-order chi connectivity index (χ1) is 15.5. The average Bonchev–Trinajstić information content (AvgIpc) is 3.23. The van der Waals surface area contributed by atoms with Crippen LogP contribution < -0.4 is 9.64 Å². The molecule has 0 spiro atoms. The second kappa shape index (κ2) is 9.94. The van der Waals surface area contributed by atoms with Gasteiger partial charge in [-0.1, -0.05) is 53.8 Å². The van der Waals surface area contributed by atoms with Crippen LogP contribution in [0, 0.1) is 0 Å². The average molecular weight is 446 g/mol. The maximum atomic E-state index is 13.5. The first-order valence-corrected chi connectivity index (χ1v) is 11.5. The van der Waals surface area contributed by atoms with Gasteiger partial charge in [0.2, 0.25) is 0 Å². The number of likely N-dealkylation sites (N-methyl/N-ethyl adjacent to an activating group) is 1. The normalized spacial score (nSPS) is 11.1. The number of benzene rings is 3. The maximum absolute atomic E-state index is 13.5. The molecule has 0 radical (unpaired) electrons. The molecular formula is C26H27N3O2S. The van der Waals surface area contributed by atoms with Crippen molar-refractivity contribution in [1.82, 2.24) is 9.88 Å². The van der Waals surface area contributed by atoms with E-state index in [4.69, 9.17) is 9.72 Å². The predicted octanol–water partition coefficient (Wildman–Crippen LogP) is 5.57. The molecule has 1 aromatic heterocycles. The maximum Gasteiger partial charge on any atom is 0.260 e. The van der Waals surface area contributed by atoms with E-state index in [0.717, 1.165) is 33.6 Å². The van der Waals surface area contributed by atoms with Crippen LogP contribution in [0.15, 0.2) is 72.8 Å². The highest BCUT2D eigenvalue weighted by molar-refractivity contribution is 7.22. The minimum absolute atomic E-state index is 0.0458. The summed E-state index contributed by atoms with van der Waals surface area (Å²) in [6.45, 7) is 3.88. The van der Waals surface area contributed by atoms with Crippen LogP contribution in [0.4, 0.5) is 5.13 Å². The molecule has 32 heavy (non-hydrogen) atoms. The van der Waals surface area contributed by atoms with E-state index in [1.807, 2.05) is 81.7 Å². The van der Waals surface area contributed by atoms with Gasteiger partial charge < -0.3 is 9.64 Å². The van der Waals surface area contributed by atoms with E-state index in [1.54, 1.807) is 4.90 Å². The number of nitrogens with zero attached hydrogens (tertiary/aromatic N) is 3. The highest BCUT2D eigenvalue weighted by Gasteiger charge is 2.21. The molecule has 0 aliphatic rings. The van der Waals surface area contributed by atoms with Crippen LogP contribution in [0.3, 0.4) is 0 Å². The van der Waals surface area contributed by atoms with Gasteiger partial charge in [0, 0.05) is 18.7 Å². The SMILES string of the molecule is CCOc1ccc2nc(N(CCN(C)C)C(=O)c3ccc(-c4ccccc4)cc3)sc2c1. The highest BCUT2D eigenvalue weighted by atomic mass is 32.1. The molecule has 0 saturated carbocycles. The Balaban J connectivity index is 1.63. The van der Waals surface area contributed by atoms with Gasteiger partial charge >= 0.3 is 0 Å². The first kappa shape index (κ1) is 22.0. The molecule has 0 atom stereocenters. The number of fused-ring (bicyclic) bond motifs is 1. The Morgan fingerprint density at radius 1 is 0.938 bits per heavy atom. The summed E-state index contributed by atoms with van der Waals surface area (Å²) in [5, 5.41) is 0.702. The van der Waals surface area contributed by atoms with Gasteiger partial charge in [-0.25, -0.2) is 4.98 Å². The third-order valence-electron chi connectivity index (χ3n) is 5.15. The van der Waals surface area contributed by atoms with E-state index in [1.165, 1.54) is 11.3 Å². The lowest BCUT2D eigenvalue weighted by molar-refractivity contribution is 0.0985. The molecule has 0 aliphatic heterocycles. The lowest BCUT2D eigenvalue weighted by Crippen LogP contribution is -2.36. The number of rotatable bonds is 8. The summed E-state index contributed by atoms with van der Waals surface area (Å²) in [5.41, 5.74) is 3.74. The molecule has 4 rings (SSSR count). The van der Waals surface area contributed by atoms with Crippen molar-refractivity contribution in [1.29, 1.82) is 0 Å². The summed E-state index contributed by atoms with van der Waals surface area (Å²) in [7, 11) is 4.01. The van der Waals surface area contributed by atoms with Crippen LogP contribution in [-0.4, -0.2) is 49.6 Å². The van der Waals surface area contributed by atoms with Crippen LogP contribution in [0.1, 0.15) is 17.3 Å². The molecule has 164 valence electrons. The van der Waals surface area contributed by atoms with Gasteiger partial charge in [0.1, 0.15) is 5.75 Å². The molecule has 0 fully saturated rings. The van der Waals surface area contributed by atoms with Gasteiger partial charge in [-0.15, -0.1) is 0 Å². The molecule has 5 nitrogen and oxygen atoms in total. The summed E-state index contributed by atoms with van der Waals surface area (Å²) >= 11 is 1.52. The third kappa shape index (κ3) is 4.98. The molecule has 1 heterocycles. The van der Waals surface area contributed by atoms with Crippen molar-refractivity contribution < 1.29 is 9.53 Å². The fourth-order valence-electron chi connectivity index (χ4n) is 3.44. The van der Waals surface area contributed by atoms with Crippen LogP contribution in [-0.2, 0) is 0 Å². The van der Waals surface area contributed by atoms with Crippen LogP contribution >= 0.6 is 11.3 Å². The number of ether oxygens (including phenoxy) is 1. The zero-order chi connectivity index (χ0) is 22.5. The minimum atomic E-state index is -0.0458. The largest absolute Gasteiger partial charge is 0.494 e. The quantitative estimate of drug-likeness (QED) is 0.356. The fraction of sp³-hybridized carbons (Fsp3) is 0.231. The molecule has 4 aromatic rings. The Bertz CT molecular complexity index is 1190. The van der Waals surface area contributed by atoms with E-state index in [9.17, 15) is 4.79 Å². The molecule has 0 unspecified atom stereocenters. The van der Waals surface area contributed by atoms with E-state index in [0.29, 0.717) is 23.8 Å². The molecule has 3 aromatic carbocycles. The van der Waals surface area contributed by atoms with Crippen molar-refractivity contribution in [3.63, 3.8) is 0 Å². The van der Waals surface area contributed by atoms with E-state index in [2.05, 4.69) is 17.0 Å². The topological polar surface area (TPSA) is 45.7 Å². The number of anilines is 1. The molecular weight excluding hydrogens is 418 g/mol. The van der Waals surface area contributed by atoms with Gasteiger partial charge in [-0.2, -0.15) is 0 Å². The summed E-state index contributed by atoms with van der Waals surface area (Å²) in [6.07, 6.45) is 0. The summed E-state index contributed by atoms with van der Waals surface area (Å²) < 4.78 is 6.63. The first-order valence-electron chi connectivity index (χ1n) is 10.7. The molecule has 0 bridgehead atoms. The molecule has 0 N–H and O–H groups in total. The van der Waals surface area contributed by atoms with Crippen molar-refractivity contribution in [3.8, 4) is 16.9 Å². The van der Waals surface area contributed by atoms with E-state index >= 15 is 0 Å². The Hall–Kier alpha value is -3.22. The van der Waals surface area contributed by atoms with Crippen LogP contribution in [0.25, 0.3) is 21.3 Å². The number of thiazole rings is 1. The van der Waals surface area contributed by atoms with E-state index in [-0.39, 0.29) is 5.91 Å². The number of carbonyl (C=O) groups excluding carboxylic acids is 1. The molecule has 0 saturated heterocycles. The Labute approximate surface area is 192 Å². The second-order valence-corrected chi connectivity index (χ2v) is 8.77. The van der Waals surface area contributed by atoms with Crippen molar-refractivity contribution >= 4 is 32.6 Å². The van der Waals surface area contributed by atoms with Gasteiger partial charge in [0.25, 0.3) is 5.91 Å². The molecule has 6 heteroatoms. The number of hydrogen-bond acceptors (Lipinski definition) is 5. The summed E-state index contributed by atoms with van der Waals surface area (Å²) in [6, 6.07) is 23.8. The Morgan fingerprint density at radius 3 is 2.34 bits per heavy atom. The highest BCUT2D eigenvalue weighted by Crippen LogP contribution is 2.32. The molecule has 1 amide bonds. The zero-order valence-corrected chi connectivity index (χ0v) is 19.4. The smallest absolute Gasteiger partial charge is 0.260 e. The summed E-state index contributed by atoms with van der Waals surface area (Å²) in [4.78, 5) is 22.1. The van der Waals surface area contributed by atoms with Gasteiger partial charge in [0.05, 0.1) is 16.8 Å². The third-order valence-corrected chi connectivity index (χ3v) is 6.19. The lowest BCUT2D eigenvalue weighted by Gasteiger charge is -2.22. The van der Waals surface area contributed by atoms with Crippen LogP contribution in [0.5, 0.6) is 5.75 Å². The Kier molecular flexibility index (Phi) is 6.83. The van der Waals surface area contributed by atoms with Crippen molar-refractivity contribution in [2.24, 2.45) is 0 Å². The number of carbonyl (C=O) groups is 1. The lowest BCUT2D eigenvalue weighted by atomic mass is 10.0.